The standard InChI is InChI=1S/C11H25NS/c1-3-9-12(4-2)10-7-5-6-8-11-13/h13H,3-11H2,1-2H3. The van der Waals surface area contributed by atoms with Crippen molar-refractivity contribution in [3.63, 3.8) is 0 Å². The van der Waals surface area contributed by atoms with Crippen LogP contribution in [0.3, 0.4) is 0 Å². The average Bonchev–Trinajstić information content (AvgIpc) is 2.16. The molecule has 0 radical (unpaired) electrons. The Balaban J connectivity index is 3.17. The van der Waals surface area contributed by atoms with Gasteiger partial charge in [-0.25, -0.2) is 0 Å². The minimum absolute atomic E-state index is 1.05. The molecule has 0 aromatic rings. The van der Waals surface area contributed by atoms with Gasteiger partial charge in [-0.05, 0) is 44.6 Å². The van der Waals surface area contributed by atoms with Crippen molar-refractivity contribution >= 4 is 12.6 Å². The predicted molar refractivity (Wildman–Crippen MR) is 64.7 cm³/mol. The van der Waals surface area contributed by atoms with Gasteiger partial charge < -0.3 is 4.90 Å². The zero-order valence-electron chi connectivity index (χ0n) is 9.26. The summed E-state index contributed by atoms with van der Waals surface area (Å²) in [4.78, 5) is 2.54. The lowest BCUT2D eigenvalue weighted by molar-refractivity contribution is 0.281. The topological polar surface area (TPSA) is 3.24 Å². The third-order valence-corrected chi connectivity index (χ3v) is 2.69. The molecule has 0 rings (SSSR count). The van der Waals surface area contributed by atoms with E-state index in [-0.39, 0.29) is 0 Å². The van der Waals surface area contributed by atoms with E-state index in [1.54, 1.807) is 0 Å². The molecule has 1 nitrogen and oxygen atoms in total. The van der Waals surface area contributed by atoms with Crippen LogP contribution in [0.4, 0.5) is 0 Å². The van der Waals surface area contributed by atoms with Gasteiger partial charge in [0.15, 0.2) is 0 Å². The average molecular weight is 203 g/mol. The van der Waals surface area contributed by atoms with Crippen molar-refractivity contribution in [1.29, 1.82) is 0 Å². The van der Waals surface area contributed by atoms with E-state index in [4.69, 9.17) is 0 Å². The van der Waals surface area contributed by atoms with Crippen LogP contribution in [0.15, 0.2) is 0 Å². The van der Waals surface area contributed by atoms with Crippen LogP contribution in [0.5, 0.6) is 0 Å². The summed E-state index contributed by atoms with van der Waals surface area (Å²) < 4.78 is 0. The Morgan fingerprint density at radius 1 is 0.923 bits per heavy atom. The van der Waals surface area contributed by atoms with E-state index in [0.29, 0.717) is 0 Å². The molecule has 0 spiro atoms. The second-order valence-corrected chi connectivity index (χ2v) is 4.02. The molecule has 0 atom stereocenters. The molecule has 0 aliphatic rings. The molecule has 0 unspecified atom stereocenters. The molecule has 0 aromatic carbocycles. The van der Waals surface area contributed by atoms with Gasteiger partial charge in [-0.2, -0.15) is 12.6 Å². The maximum Gasteiger partial charge on any atom is -0.00189 e. The molecule has 13 heavy (non-hydrogen) atoms. The van der Waals surface area contributed by atoms with Crippen LogP contribution in [0, 0.1) is 0 Å². The molecule has 0 bridgehead atoms. The summed E-state index contributed by atoms with van der Waals surface area (Å²) >= 11 is 4.20. The summed E-state index contributed by atoms with van der Waals surface area (Å²) in [5.74, 6) is 1.05. The first-order chi connectivity index (χ1) is 6.35. The third kappa shape index (κ3) is 8.63. The van der Waals surface area contributed by atoms with Crippen LogP contribution in [0.2, 0.25) is 0 Å². The van der Waals surface area contributed by atoms with Crippen LogP contribution in [0.1, 0.15) is 46.0 Å². The van der Waals surface area contributed by atoms with Gasteiger partial charge in [-0.1, -0.05) is 26.7 Å². The predicted octanol–water partition coefficient (Wildman–Crippen LogP) is 3.21. The quantitative estimate of drug-likeness (QED) is 0.445. The molecule has 0 aliphatic carbocycles. The molecular formula is C11H25NS. The Morgan fingerprint density at radius 2 is 1.62 bits per heavy atom. The van der Waals surface area contributed by atoms with E-state index in [0.717, 1.165) is 5.75 Å². The summed E-state index contributed by atoms with van der Waals surface area (Å²) in [5, 5.41) is 0. The fourth-order valence-electron chi connectivity index (χ4n) is 1.55. The zero-order valence-corrected chi connectivity index (χ0v) is 10.2. The number of nitrogens with zero attached hydrogens (tertiary/aromatic N) is 1. The minimum Gasteiger partial charge on any atom is -0.304 e. The van der Waals surface area contributed by atoms with Gasteiger partial charge in [0.2, 0.25) is 0 Å². The molecule has 0 heterocycles. The first-order valence-corrected chi connectivity index (χ1v) is 6.31. The fraction of sp³-hybridized carbons (Fsp3) is 1.00. The highest BCUT2D eigenvalue weighted by atomic mass is 32.1. The zero-order chi connectivity index (χ0) is 9.94. The SMILES string of the molecule is CCCN(CC)CCCCCCS. The van der Waals surface area contributed by atoms with Crippen LogP contribution in [0.25, 0.3) is 0 Å². The van der Waals surface area contributed by atoms with Gasteiger partial charge in [0.05, 0.1) is 0 Å². The van der Waals surface area contributed by atoms with Crippen molar-refractivity contribution in [2.45, 2.75) is 46.0 Å². The van der Waals surface area contributed by atoms with Crippen molar-refractivity contribution in [3.05, 3.63) is 0 Å². The normalized spacial score (nSPS) is 11.1. The molecule has 0 fully saturated rings. The lowest BCUT2D eigenvalue weighted by atomic mass is 10.2. The Bertz CT molecular complexity index is 96.1. The fourth-order valence-corrected chi connectivity index (χ4v) is 1.77. The Hall–Kier alpha value is 0.310. The summed E-state index contributed by atoms with van der Waals surface area (Å²) in [5.41, 5.74) is 0. The summed E-state index contributed by atoms with van der Waals surface area (Å²) in [6.07, 6.45) is 6.66. The molecule has 0 aromatic heterocycles. The maximum atomic E-state index is 4.20. The second kappa shape index (κ2) is 10.4. The Kier molecular flexibility index (Phi) is 10.6. The smallest absolute Gasteiger partial charge is 0.00189 e. The number of unbranched alkanes of at least 4 members (excludes halogenated alkanes) is 3. The van der Waals surface area contributed by atoms with Gasteiger partial charge in [0, 0.05) is 0 Å². The highest BCUT2D eigenvalue weighted by Gasteiger charge is 1.99. The van der Waals surface area contributed by atoms with Gasteiger partial charge in [0.1, 0.15) is 0 Å². The summed E-state index contributed by atoms with van der Waals surface area (Å²) in [7, 11) is 0. The van der Waals surface area contributed by atoms with Crippen LogP contribution >= 0.6 is 12.6 Å². The number of hydrogen-bond acceptors (Lipinski definition) is 2. The number of thiol groups is 1. The third-order valence-electron chi connectivity index (χ3n) is 2.37. The van der Waals surface area contributed by atoms with Gasteiger partial charge >= 0.3 is 0 Å². The molecule has 2 heteroatoms. The Morgan fingerprint density at radius 3 is 2.15 bits per heavy atom. The molecule has 0 saturated heterocycles. The van der Waals surface area contributed by atoms with E-state index in [2.05, 4.69) is 31.4 Å². The molecular weight excluding hydrogens is 178 g/mol. The van der Waals surface area contributed by atoms with Crippen molar-refractivity contribution in [2.75, 3.05) is 25.4 Å². The van der Waals surface area contributed by atoms with Crippen molar-refractivity contribution in [3.8, 4) is 0 Å². The summed E-state index contributed by atoms with van der Waals surface area (Å²) in [6, 6.07) is 0. The van der Waals surface area contributed by atoms with Crippen LogP contribution in [-0.2, 0) is 0 Å². The molecule has 0 saturated carbocycles. The largest absolute Gasteiger partial charge is 0.304 e. The second-order valence-electron chi connectivity index (χ2n) is 3.57. The van der Waals surface area contributed by atoms with Gasteiger partial charge in [-0.3, -0.25) is 0 Å². The highest BCUT2D eigenvalue weighted by Crippen LogP contribution is 2.03. The number of rotatable bonds is 9. The van der Waals surface area contributed by atoms with E-state index < -0.39 is 0 Å². The first-order valence-electron chi connectivity index (χ1n) is 5.68. The Labute approximate surface area is 89.3 Å². The number of hydrogen-bond donors (Lipinski definition) is 1. The molecule has 0 amide bonds. The van der Waals surface area contributed by atoms with Crippen molar-refractivity contribution in [1.82, 2.24) is 4.90 Å². The lowest BCUT2D eigenvalue weighted by Gasteiger charge is -2.18. The first kappa shape index (κ1) is 13.3. The van der Waals surface area contributed by atoms with E-state index in [1.165, 1.54) is 51.7 Å². The van der Waals surface area contributed by atoms with E-state index >= 15 is 0 Å². The summed E-state index contributed by atoms with van der Waals surface area (Å²) in [6.45, 7) is 8.27. The molecule has 0 aliphatic heterocycles. The van der Waals surface area contributed by atoms with Crippen LogP contribution in [-0.4, -0.2) is 30.3 Å². The van der Waals surface area contributed by atoms with Gasteiger partial charge in [-0.15, -0.1) is 0 Å². The van der Waals surface area contributed by atoms with E-state index in [1.807, 2.05) is 0 Å². The van der Waals surface area contributed by atoms with Crippen molar-refractivity contribution in [2.24, 2.45) is 0 Å². The van der Waals surface area contributed by atoms with Crippen LogP contribution < -0.4 is 0 Å². The lowest BCUT2D eigenvalue weighted by Crippen LogP contribution is -2.25. The minimum atomic E-state index is 1.05. The molecule has 80 valence electrons. The molecule has 0 N–H and O–H groups in total. The van der Waals surface area contributed by atoms with E-state index in [9.17, 15) is 0 Å². The van der Waals surface area contributed by atoms with Crippen molar-refractivity contribution < 1.29 is 0 Å². The maximum absolute atomic E-state index is 4.20. The van der Waals surface area contributed by atoms with Gasteiger partial charge in [0.25, 0.3) is 0 Å². The monoisotopic (exact) mass is 203 g/mol. The highest BCUT2D eigenvalue weighted by molar-refractivity contribution is 7.80.